The normalized spacial score (nSPS) is 12.8. The molecule has 35 heavy (non-hydrogen) atoms. The van der Waals surface area contributed by atoms with Crippen LogP contribution in [0.15, 0.2) is 60.9 Å². The number of rotatable bonds is 9. The molecule has 2 aromatic carbocycles. The zero-order valence-corrected chi connectivity index (χ0v) is 18.9. The lowest BCUT2D eigenvalue weighted by atomic mass is 9.98. The average molecular weight is 476 g/mol. The van der Waals surface area contributed by atoms with Gasteiger partial charge in [-0.05, 0) is 22.3 Å². The Morgan fingerprint density at radius 1 is 1.00 bits per heavy atom. The van der Waals surface area contributed by atoms with Crippen molar-refractivity contribution < 1.29 is 29.0 Å². The Morgan fingerprint density at radius 3 is 2.17 bits per heavy atom. The molecule has 1 unspecified atom stereocenters. The number of nitrogens with zero attached hydrogens (tertiary/aromatic N) is 2. The summed E-state index contributed by atoms with van der Waals surface area (Å²) >= 11 is 0. The Bertz CT molecular complexity index is 1190. The highest BCUT2D eigenvalue weighted by Gasteiger charge is 2.29. The third-order valence-electron chi connectivity index (χ3n) is 5.64. The first kappa shape index (κ1) is 23.8. The van der Waals surface area contributed by atoms with Crippen LogP contribution in [0.25, 0.3) is 11.1 Å². The van der Waals surface area contributed by atoms with Gasteiger partial charge in [-0.25, -0.2) is 19.6 Å². The lowest BCUT2D eigenvalue weighted by Crippen LogP contribution is -2.43. The van der Waals surface area contributed by atoms with Crippen LogP contribution in [0.2, 0.25) is 0 Å². The topological polar surface area (TPSA) is 140 Å². The van der Waals surface area contributed by atoms with E-state index < -0.39 is 24.0 Å². The van der Waals surface area contributed by atoms with Gasteiger partial charge in [-0.2, -0.15) is 0 Å². The second-order valence-electron chi connectivity index (χ2n) is 7.89. The van der Waals surface area contributed by atoms with Crippen LogP contribution in [0.4, 0.5) is 4.79 Å². The number of hydrogen-bond donors (Lipinski definition) is 3. The number of fused-ring (bicyclic) bond motifs is 3. The first-order chi connectivity index (χ1) is 17.0. The molecule has 0 fully saturated rings. The maximum atomic E-state index is 12.3. The van der Waals surface area contributed by atoms with Crippen molar-refractivity contribution in [2.75, 3.05) is 20.3 Å². The molecule has 3 aromatic rings. The summed E-state index contributed by atoms with van der Waals surface area (Å²) in [4.78, 5) is 43.7. The molecule has 1 atom stereocenters. The minimum Gasteiger partial charge on any atom is -0.480 e. The molecule has 10 heteroatoms. The van der Waals surface area contributed by atoms with Crippen molar-refractivity contribution in [3.8, 4) is 11.1 Å². The lowest BCUT2D eigenvalue weighted by molar-refractivity contribution is -0.140. The number of ether oxygens (including phenoxy) is 2. The summed E-state index contributed by atoms with van der Waals surface area (Å²) in [5, 5.41) is 14.0. The molecule has 4 rings (SSSR count). The first-order valence-electron chi connectivity index (χ1n) is 10.9. The molecule has 0 saturated heterocycles. The Kier molecular flexibility index (Phi) is 7.32. The molecule has 1 aliphatic carbocycles. The van der Waals surface area contributed by atoms with E-state index in [-0.39, 0.29) is 37.1 Å². The summed E-state index contributed by atoms with van der Waals surface area (Å²) in [7, 11) is 1.34. The second-order valence-corrected chi connectivity index (χ2v) is 7.89. The zero-order valence-electron chi connectivity index (χ0n) is 18.9. The van der Waals surface area contributed by atoms with Crippen LogP contribution < -0.4 is 10.6 Å². The van der Waals surface area contributed by atoms with Gasteiger partial charge in [0.2, 0.25) is 0 Å². The van der Waals surface area contributed by atoms with E-state index in [0.29, 0.717) is 0 Å². The molecule has 0 bridgehead atoms. The number of carbonyl (C=O) groups excluding carboxylic acids is 2. The van der Waals surface area contributed by atoms with E-state index in [2.05, 4.69) is 32.7 Å². The highest BCUT2D eigenvalue weighted by atomic mass is 16.5. The van der Waals surface area contributed by atoms with Crippen molar-refractivity contribution >= 4 is 18.0 Å². The summed E-state index contributed by atoms with van der Waals surface area (Å²) < 4.78 is 10.3. The molecule has 1 aliphatic rings. The average Bonchev–Trinajstić information content (AvgIpc) is 3.20. The Hall–Kier alpha value is -4.31. The number of aromatic nitrogens is 2. The van der Waals surface area contributed by atoms with Crippen LogP contribution in [0.3, 0.4) is 0 Å². The van der Waals surface area contributed by atoms with Crippen molar-refractivity contribution in [3.05, 3.63) is 83.4 Å². The number of nitrogens with one attached hydrogen (secondary N) is 2. The maximum absolute atomic E-state index is 12.3. The van der Waals surface area contributed by atoms with Crippen molar-refractivity contribution in [2.24, 2.45) is 0 Å². The molecule has 1 aromatic heterocycles. The van der Waals surface area contributed by atoms with E-state index in [0.717, 1.165) is 22.3 Å². The van der Waals surface area contributed by atoms with Crippen LogP contribution >= 0.6 is 0 Å². The molecule has 180 valence electrons. The van der Waals surface area contributed by atoms with Gasteiger partial charge >= 0.3 is 12.1 Å². The number of carboxylic acids is 1. The number of carbonyl (C=O) groups is 3. The van der Waals surface area contributed by atoms with Crippen molar-refractivity contribution in [1.82, 2.24) is 20.6 Å². The third kappa shape index (κ3) is 5.44. The molecule has 2 amide bonds. The molecule has 3 N–H and O–H groups in total. The van der Waals surface area contributed by atoms with Gasteiger partial charge in [-0.3, -0.25) is 4.79 Å². The number of aliphatic carboxylic acids is 1. The highest BCUT2D eigenvalue weighted by molar-refractivity contribution is 5.96. The van der Waals surface area contributed by atoms with Gasteiger partial charge in [0.15, 0.2) is 6.04 Å². The van der Waals surface area contributed by atoms with Crippen molar-refractivity contribution in [3.63, 3.8) is 0 Å². The molecular weight excluding hydrogens is 452 g/mol. The number of hydrogen-bond acceptors (Lipinski definition) is 7. The predicted octanol–water partition coefficient (Wildman–Crippen LogP) is 2.34. The van der Waals surface area contributed by atoms with Gasteiger partial charge in [0.1, 0.15) is 12.4 Å². The summed E-state index contributed by atoms with van der Waals surface area (Å²) in [6.07, 6.45) is 1.90. The molecule has 0 spiro atoms. The standard InChI is InChI=1S/C25H24N4O6/c1-34-14-21(24(31)32)29-23(30)15-10-26-22(27-11-15)12-28-25(33)35-13-20-18-8-4-2-6-16(18)17-7-3-5-9-19(17)20/h2-11,20-21H,12-14H2,1H3,(H,28,33)(H,29,30)(H,31,32). The van der Waals surface area contributed by atoms with Crippen LogP contribution in [0.5, 0.6) is 0 Å². The molecular formula is C25H24N4O6. The van der Waals surface area contributed by atoms with Gasteiger partial charge in [-0.1, -0.05) is 48.5 Å². The number of carboxylic acid groups (broad SMARTS) is 1. The Balaban J connectivity index is 1.30. The molecule has 0 saturated carbocycles. The van der Waals surface area contributed by atoms with Gasteiger partial charge < -0.3 is 25.2 Å². The highest BCUT2D eigenvalue weighted by Crippen LogP contribution is 2.44. The molecule has 1 heterocycles. The predicted molar refractivity (Wildman–Crippen MR) is 125 cm³/mol. The lowest BCUT2D eigenvalue weighted by Gasteiger charge is -2.14. The summed E-state index contributed by atoms with van der Waals surface area (Å²) in [6.45, 7) is 0.0100. The molecule has 0 aliphatic heterocycles. The third-order valence-corrected chi connectivity index (χ3v) is 5.64. The van der Waals surface area contributed by atoms with Crippen LogP contribution in [-0.4, -0.2) is 59.4 Å². The van der Waals surface area contributed by atoms with E-state index in [1.807, 2.05) is 36.4 Å². The zero-order chi connectivity index (χ0) is 24.8. The fourth-order valence-electron chi connectivity index (χ4n) is 3.95. The van der Waals surface area contributed by atoms with Crippen LogP contribution in [0, 0.1) is 0 Å². The van der Waals surface area contributed by atoms with Gasteiger partial charge in [-0.15, -0.1) is 0 Å². The van der Waals surface area contributed by atoms with E-state index in [4.69, 9.17) is 14.6 Å². The minimum absolute atomic E-state index is 0.00000134. The van der Waals surface area contributed by atoms with Gasteiger partial charge in [0.05, 0.1) is 18.7 Å². The second kappa shape index (κ2) is 10.7. The van der Waals surface area contributed by atoms with E-state index in [1.165, 1.54) is 19.5 Å². The van der Waals surface area contributed by atoms with Crippen molar-refractivity contribution in [1.29, 1.82) is 0 Å². The van der Waals surface area contributed by atoms with Gasteiger partial charge in [0.25, 0.3) is 5.91 Å². The number of amides is 2. The smallest absolute Gasteiger partial charge is 0.407 e. The number of benzene rings is 2. The maximum Gasteiger partial charge on any atom is 0.407 e. The Morgan fingerprint density at radius 2 is 1.60 bits per heavy atom. The quantitative estimate of drug-likeness (QED) is 0.428. The van der Waals surface area contributed by atoms with E-state index in [1.54, 1.807) is 0 Å². The summed E-state index contributed by atoms with van der Waals surface area (Å²) in [5.41, 5.74) is 4.61. The fourth-order valence-corrected chi connectivity index (χ4v) is 3.95. The minimum atomic E-state index is -1.22. The first-order valence-corrected chi connectivity index (χ1v) is 10.9. The van der Waals surface area contributed by atoms with Crippen LogP contribution in [-0.2, 0) is 20.8 Å². The summed E-state index contributed by atoms with van der Waals surface area (Å²) in [6, 6.07) is 14.9. The van der Waals surface area contributed by atoms with Gasteiger partial charge in [0, 0.05) is 25.4 Å². The fraction of sp³-hybridized carbons (Fsp3) is 0.240. The van der Waals surface area contributed by atoms with E-state index in [9.17, 15) is 14.4 Å². The summed E-state index contributed by atoms with van der Waals surface area (Å²) in [5.74, 6) is -1.65. The number of methoxy groups -OCH3 is 1. The number of alkyl carbamates (subject to hydrolysis) is 1. The van der Waals surface area contributed by atoms with Crippen molar-refractivity contribution in [2.45, 2.75) is 18.5 Å². The van der Waals surface area contributed by atoms with E-state index >= 15 is 0 Å². The monoisotopic (exact) mass is 476 g/mol. The Labute approximate surface area is 201 Å². The molecule has 10 nitrogen and oxygen atoms in total. The largest absolute Gasteiger partial charge is 0.480 e. The molecule has 0 radical (unpaired) electrons. The SMILES string of the molecule is COCC(NC(=O)c1cnc(CNC(=O)OCC2c3ccccc3-c3ccccc32)nc1)C(=O)O. The van der Waals surface area contributed by atoms with Crippen LogP contribution in [0.1, 0.15) is 33.2 Å².